The van der Waals surface area contributed by atoms with Crippen LogP contribution in [0.5, 0.6) is 5.75 Å². The number of ether oxygens (including phenoxy) is 1. The van der Waals surface area contributed by atoms with E-state index in [0.717, 1.165) is 24.8 Å². The molecule has 3 rings (SSSR count). The molecule has 0 bridgehead atoms. The number of nitrogens with zero attached hydrogens (tertiary/aromatic N) is 1. The summed E-state index contributed by atoms with van der Waals surface area (Å²) in [6.45, 7) is 1.33. The molecule has 4 heteroatoms. The first kappa shape index (κ1) is 11.4. The highest BCUT2D eigenvalue weighted by molar-refractivity contribution is 5.80. The number of hydrogen-bond donors (Lipinski definition) is 1. The largest absolute Gasteiger partial charge is 0.506 e. The van der Waals surface area contributed by atoms with E-state index in [2.05, 4.69) is 4.98 Å². The minimum absolute atomic E-state index is 0.103. The molecule has 1 aromatic carbocycles. The van der Waals surface area contributed by atoms with Crippen LogP contribution in [-0.4, -0.2) is 23.3 Å². The van der Waals surface area contributed by atoms with Gasteiger partial charge in [-0.25, -0.2) is 9.37 Å². The van der Waals surface area contributed by atoms with Gasteiger partial charge in [0.1, 0.15) is 11.6 Å². The Morgan fingerprint density at radius 3 is 3.00 bits per heavy atom. The van der Waals surface area contributed by atoms with Crippen molar-refractivity contribution < 1.29 is 14.2 Å². The lowest BCUT2D eigenvalue weighted by Gasteiger charge is -2.22. The van der Waals surface area contributed by atoms with Crippen molar-refractivity contribution in [1.29, 1.82) is 0 Å². The van der Waals surface area contributed by atoms with Crippen LogP contribution in [0.15, 0.2) is 24.3 Å². The Bertz CT molecular complexity index is 579. The van der Waals surface area contributed by atoms with Crippen LogP contribution in [0.25, 0.3) is 10.9 Å². The summed E-state index contributed by atoms with van der Waals surface area (Å²) in [6, 6.07) is 6.03. The fourth-order valence-electron chi connectivity index (χ4n) is 2.40. The maximum absolute atomic E-state index is 13.2. The van der Waals surface area contributed by atoms with E-state index in [-0.39, 0.29) is 17.5 Å². The molecule has 1 aromatic heterocycles. The van der Waals surface area contributed by atoms with Crippen LogP contribution in [0.1, 0.15) is 24.5 Å². The highest BCUT2D eigenvalue weighted by atomic mass is 19.1. The molecule has 3 nitrogen and oxygen atoms in total. The summed E-state index contributed by atoms with van der Waals surface area (Å²) < 4.78 is 18.6. The zero-order chi connectivity index (χ0) is 12.5. The lowest BCUT2D eigenvalue weighted by molar-refractivity contribution is 0.0786. The number of aromatic hydroxyl groups is 1. The van der Waals surface area contributed by atoms with Gasteiger partial charge in [0.15, 0.2) is 0 Å². The molecule has 1 saturated heterocycles. The molecule has 0 radical (unpaired) electrons. The van der Waals surface area contributed by atoms with Crippen LogP contribution in [0.2, 0.25) is 0 Å². The average molecular weight is 247 g/mol. The Kier molecular flexibility index (Phi) is 2.88. The van der Waals surface area contributed by atoms with E-state index in [1.165, 1.54) is 12.1 Å². The summed E-state index contributed by atoms with van der Waals surface area (Å²) in [4.78, 5) is 4.39. The Morgan fingerprint density at radius 1 is 1.33 bits per heavy atom. The van der Waals surface area contributed by atoms with Gasteiger partial charge < -0.3 is 9.84 Å². The second-order valence-corrected chi connectivity index (χ2v) is 4.64. The predicted octanol–water partition coefficient (Wildman–Crippen LogP) is 2.97. The highest BCUT2D eigenvalue weighted by Crippen LogP contribution is 2.32. The molecule has 18 heavy (non-hydrogen) atoms. The van der Waals surface area contributed by atoms with E-state index in [0.29, 0.717) is 17.8 Å². The van der Waals surface area contributed by atoms with Gasteiger partial charge >= 0.3 is 0 Å². The fraction of sp³-hybridized carbons (Fsp3) is 0.357. The minimum Gasteiger partial charge on any atom is -0.506 e. The molecule has 1 atom stereocenters. The van der Waals surface area contributed by atoms with Crippen LogP contribution in [0.4, 0.5) is 4.39 Å². The van der Waals surface area contributed by atoms with Gasteiger partial charge in [-0.2, -0.15) is 0 Å². The first-order valence-corrected chi connectivity index (χ1v) is 6.11. The molecule has 0 amide bonds. The van der Waals surface area contributed by atoms with E-state index >= 15 is 0 Å². The van der Waals surface area contributed by atoms with Gasteiger partial charge in [-0.3, -0.25) is 0 Å². The van der Waals surface area contributed by atoms with Gasteiger partial charge in [0, 0.05) is 24.0 Å². The van der Waals surface area contributed by atoms with E-state index in [1.807, 2.05) is 0 Å². The van der Waals surface area contributed by atoms with E-state index in [1.54, 1.807) is 12.1 Å². The third-order valence-electron chi connectivity index (χ3n) is 3.34. The first-order chi connectivity index (χ1) is 8.74. The normalized spacial score (nSPS) is 20.2. The third-order valence-corrected chi connectivity index (χ3v) is 3.34. The summed E-state index contributed by atoms with van der Waals surface area (Å²) in [5.41, 5.74) is 1.20. The Balaban J connectivity index is 2.07. The lowest BCUT2D eigenvalue weighted by Crippen LogP contribution is -2.16. The van der Waals surface area contributed by atoms with Gasteiger partial charge in [0.05, 0.1) is 17.8 Å². The molecule has 1 aliphatic rings. The number of fused-ring (bicyclic) bond motifs is 1. The maximum Gasteiger partial charge on any atom is 0.138 e. The lowest BCUT2D eigenvalue weighted by atomic mass is 9.96. The molecule has 2 aromatic rings. The van der Waals surface area contributed by atoms with Gasteiger partial charge in [0.25, 0.3) is 0 Å². The molecule has 1 unspecified atom stereocenters. The number of rotatable bonds is 1. The van der Waals surface area contributed by atoms with Crippen molar-refractivity contribution in [3.63, 3.8) is 0 Å². The zero-order valence-electron chi connectivity index (χ0n) is 9.90. The van der Waals surface area contributed by atoms with Crippen molar-refractivity contribution in [2.75, 3.05) is 13.2 Å². The molecule has 0 saturated carbocycles. The molecule has 0 aliphatic carbocycles. The number of halogens is 1. The van der Waals surface area contributed by atoms with E-state index < -0.39 is 0 Å². The summed E-state index contributed by atoms with van der Waals surface area (Å²) in [5, 5.41) is 10.8. The molecule has 0 spiro atoms. The minimum atomic E-state index is -0.313. The van der Waals surface area contributed by atoms with Gasteiger partial charge in [0.2, 0.25) is 0 Å². The second-order valence-electron chi connectivity index (χ2n) is 4.64. The van der Waals surface area contributed by atoms with Crippen LogP contribution in [-0.2, 0) is 4.74 Å². The van der Waals surface area contributed by atoms with Crippen molar-refractivity contribution in [1.82, 2.24) is 4.98 Å². The summed E-state index contributed by atoms with van der Waals surface area (Å²) in [7, 11) is 0. The number of aromatic nitrogens is 1. The molecule has 2 heterocycles. The third kappa shape index (κ3) is 2.04. The van der Waals surface area contributed by atoms with E-state index in [9.17, 15) is 9.50 Å². The summed E-state index contributed by atoms with van der Waals surface area (Å²) in [6.07, 6.45) is 1.91. The molecule has 1 N–H and O–H groups in total. The smallest absolute Gasteiger partial charge is 0.138 e. The predicted molar refractivity (Wildman–Crippen MR) is 66.2 cm³/mol. The van der Waals surface area contributed by atoms with Crippen molar-refractivity contribution in [2.24, 2.45) is 0 Å². The van der Waals surface area contributed by atoms with Crippen LogP contribution < -0.4 is 0 Å². The van der Waals surface area contributed by atoms with Crippen LogP contribution in [0, 0.1) is 5.82 Å². The fourth-order valence-corrected chi connectivity index (χ4v) is 2.40. The molecule has 94 valence electrons. The SMILES string of the molecule is Oc1cc2ccc(F)cc2nc1C1CCCOC1. The molecular formula is C14H14FNO2. The van der Waals surface area contributed by atoms with Crippen LogP contribution in [0.3, 0.4) is 0 Å². The quantitative estimate of drug-likeness (QED) is 0.842. The number of pyridine rings is 1. The highest BCUT2D eigenvalue weighted by Gasteiger charge is 2.21. The Morgan fingerprint density at radius 2 is 2.22 bits per heavy atom. The van der Waals surface area contributed by atoms with Crippen molar-refractivity contribution in [3.05, 3.63) is 35.8 Å². The second kappa shape index (κ2) is 4.53. The molecule has 1 fully saturated rings. The van der Waals surface area contributed by atoms with Gasteiger partial charge in [-0.05, 0) is 31.0 Å². The first-order valence-electron chi connectivity index (χ1n) is 6.11. The van der Waals surface area contributed by atoms with Gasteiger partial charge in [-0.1, -0.05) is 0 Å². The summed E-state index contributed by atoms with van der Waals surface area (Å²) >= 11 is 0. The zero-order valence-corrected chi connectivity index (χ0v) is 9.90. The number of hydrogen-bond acceptors (Lipinski definition) is 3. The van der Waals surface area contributed by atoms with E-state index in [4.69, 9.17) is 4.74 Å². The average Bonchev–Trinajstić information content (AvgIpc) is 2.39. The standard InChI is InChI=1S/C14H14FNO2/c15-11-4-3-9-6-13(17)14(16-12(9)7-11)10-2-1-5-18-8-10/h3-4,6-7,10,17H,1-2,5,8H2. The molecular weight excluding hydrogens is 233 g/mol. The topological polar surface area (TPSA) is 42.4 Å². The molecule has 1 aliphatic heterocycles. The van der Waals surface area contributed by atoms with Gasteiger partial charge in [-0.15, -0.1) is 0 Å². The van der Waals surface area contributed by atoms with Crippen molar-refractivity contribution >= 4 is 10.9 Å². The monoisotopic (exact) mass is 247 g/mol. The van der Waals surface area contributed by atoms with Crippen LogP contribution >= 0.6 is 0 Å². The van der Waals surface area contributed by atoms with Crippen molar-refractivity contribution in [3.8, 4) is 5.75 Å². The maximum atomic E-state index is 13.2. The number of benzene rings is 1. The Hall–Kier alpha value is -1.68. The summed E-state index contributed by atoms with van der Waals surface area (Å²) in [5.74, 6) is -0.0393. The van der Waals surface area contributed by atoms with Crippen molar-refractivity contribution in [2.45, 2.75) is 18.8 Å². The Labute approximate surface area is 104 Å².